The molecular weight excluding hydrogens is 242 g/mol. The molecule has 0 fully saturated rings. The number of nitrogens with one attached hydrogen (secondary N) is 3. The Morgan fingerprint density at radius 1 is 1.50 bits per heavy atom. The van der Waals surface area contributed by atoms with Crippen LogP contribution in [0.2, 0.25) is 0 Å². The van der Waals surface area contributed by atoms with E-state index in [1.807, 2.05) is 14.0 Å². The van der Waals surface area contributed by atoms with Gasteiger partial charge in [-0.05, 0) is 39.2 Å². The molecule has 0 saturated carbocycles. The van der Waals surface area contributed by atoms with Crippen molar-refractivity contribution in [3.63, 3.8) is 0 Å². The first kappa shape index (κ1) is 13.3. The summed E-state index contributed by atoms with van der Waals surface area (Å²) in [7, 11) is 1.90. The van der Waals surface area contributed by atoms with Crippen molar-refractivity contribution in [3.05, 3.63) is 14.5 Å². The summed E-state index contributed by atoms with van der Waals surface area (Å²) in [6.45, 7) is 3.58. The van der Waals surface area contributed by atoms with E-state index in [0.29, 0.717) is 13.0 Å². The largest absolute Gasteiger partial charge is 0.356 e. The zero-order valence-electron chi connectivity index (χ0n) is 9.55. The molecule has 0 unspecified atom stereocenters. The van der Waals surface area contributed by atoms with Gasteiger partial charge in [-0.25, -0.2) is 0 Å². The average Bonchev–Trinajstić information content (AvgIpc) is 2.52. The zero-order valence-corrected chi connectivity index (χ0v) is 11.2. The van der Waals surface area contributed by atoms with Crippen LogP contribution >= 0.6 is 23.6 Å². The van der Waals surface area contributed by atoms with Crippen LogP contribution in [0.1, 0.15) is 17.0 Å². The van der Waals surface area contributed by atoms with Gasteiger partial charge in [-0.1, -0.05) is 0 Å². The van der Waals surface area contributed by atoms with E-state index in [0.717, 1.165) is 27.5 Å². The third-order valence-electron chi connectivity index (χ3n) is 2.17. The van der Waals surface area contributed by atoms with Gasteiger partial charge in [-0.15, -0.1) is 11.3 Å². The van der Waals surface area contributed by atoms with E-state index in [1.165, 1.54) is 11.3 Å². The number of aromatic amines is 1. The van der Waals surface area contributed by atoms with Crippen LogP contribution in [-0.2, 0) is 11.2 Å². The highest BCUT2D eigenvalue weighted by molar-refractivity contribution is 7.73. The maximum Gasteiger partial charge on any atom is 0.225 e. The average molecular weight is 259 g/mol. The highest BCUT2D eigenvalue weighted by atomic mass is 32.1. The molecule has 0 radical (unpaired) electrons. The van der Waals surface area contributed by atoms with Gasteiger partial charge in [0.1, 0.15) is 0 Å². The highest BCUT2D eigenvalue weighted by Gasteiger charge is 2.07. The maximum atomic E-state index is 11.6. The van der Waals surface area contributed by atoms with Crippen LogP contribution in [0.15, 0.2) is 0 Å². The Bertz CT molecular complexity index is 397. The molecule has 1 heterocycles. The third-order valence-corrected chi connectivity index (χ3v) is 3.51. The normalized spacial score (nSPS) is 10.4. The fraction of sp³-hybridized carbons (Fsp3) is 0.600. The van der Waals surface area contributed by atoms with E-state index in [4.69, 9.17) is 12.2 Å². The van der Waals surface area contributed by atoms with Crippen molar-refractivity contribution in [3.8, 4) is 0 Å². The molecule has 0 aliphatic rings. The number of carbonyl (C=O) groups is 1. The van der Waals surface area contributed by atoms with Gasteiger partial charge in [0.25, 0.3) is 0 Å². The summed E-state index contributed by atoms with van der Waals surface area (Å²) >= 11 is 6.49. The Labute approximate surface area is 104 Å². The first-order chi connectivity index (χ1) is 7.63. The van der Waals surface area contributed by atoms with E-state index < -0.39 is 0 Å². The third kappa shape index (κ3) is 4.42. The number of H-pyrrole nitrogens is 1. The van der Waals surface area contributed by atoms with Crippen molar-refractivity contribution < 1.29 is 4.79 Å². The summed E-state index contributed by atoms with van der Waals surface area (Å²) in [6, 6.07) is 0. The second kappa shape index (κ2) is 6.78. The fourth-order valence-electron chi connectivity index (χ4n) is 1.31. The van der Waals surface area contributed by atoms with Crippen LogP contribution in [-0.4, -0.2) is 31.0 Å². The van der Waals surface area contributed by atoms with Crippen LogP contribution in [0.4, 0.5) is 0 Å². The minimum Gasteiger partial charge on any atom is -0.356 e. The number of hydrogen-bond acceptors (Lipinski definition) is 4. The number of thiazole rings is 1. The van der Waals surface area contributed by atoms with Crippen molar-refractivity contribution in [1.29, 1.82) is 0 Å². The summed E-state index contributed by atoms with van der Waals surface area (Å²) in [6.07, 6.45) is 1.37. The van der Waals surface area contributed by atoms with Crippen molar-refractivity contribution in [2.45, 2.75) is 19.8 Å². The Hall–Kier alpha value is -0.720. The van der Waals surface area contributed by atoms with Gasteiger partial charge in [-0.2, -0.15) is 0 Å². The molecule has 90 valence electrons. The molecule has 1 rings (SSSR count). The van der Waals surface area contributed by atoms with Crippen molar-refractivity contribution >= 4 is 29.5 Å². The molecule has 0 aliphatic heterocycles. The lowest BCUT2D eigenvalue weighted by Crippen LogP contribution is -2.27. The predicted molar refractivity (Wildman–Crippen MR) is 69.5 cm³/mol. The first-order valence-corrected chi connectivity index (χ1v) is 6.46. The Morgan fingerprint density at radius 3 is 2.81 bits per heavy atom. The molecule has 0 spiro atoms. The van der Waals surface area contributed by atoms with Crippen molar-refractivity contribution in [2.24, 2.45) is 0 Å². The second-order valence-electron chi connectivity index (χ2n) is 3.55. The van der Waals surface area contributed by atoms with Gasteiger partial charge in [0, 0.05) is 17.1 Å². The lowest BCUT2D eigenvalue weighted by atomic mass is 10.3. The molecule has 16 heavy (non-hydrogen) atoms. The first-order valence-electron chi connectivity index (χ1n) is 5.23. The number of aryl methyl sites for hydroxylation is 1. The molecule has 0 atom stereocenters. The van der Waals surface area contributed by atoms with E-state index in [-0.39, 0.29) is 5.91 Å². The highest BCUT2D eigenvalue weighted by Crippen LogP contribution is 2.14. The summed E-state index contributed by atoms with van der Waals surface area (Å²) in [5.41, 5.74) is 1.00. The minimum absolute atomic E-state index is 0.0597. The molecule has 6 heteroatoms. The lowest BCUT2D eigenvalue weighted by molar-refractivity contribution is -0.120. The molecule has 3 N–H and O–H groups in total. The monoisotopic (exact) mass is 259 g/mol. The summed E-state index contributed by atoms with van der Waals surface area (Å²) in [5, 5.41) is 5.92. The molecule has 0 saturated heterocycles. The van der Waals surface area contributed by atoms with Gasteiger partial charge < -0.3 is 15.6 Å². The van der Waals surface area contributed by atoms with Gasteiger partial charge in [0.05, 0.1) is 6.42 Å². The van der Waals surface area contributed by atoms with Crippen molar-refractivity contribution in [1.82, 2.24) is 15.6 Å². The van der Waals surface area contributed by atoms with Crippen LogP contribution in [0.5, 0.6) is 0 Å². The Balaban J connectivity index is 2.34. The lowest BCUT2D eigenvalue weighted by Gasteiger charge is -2.04. The van der Waals surface area contributed by atoms with E-state index in [9.17, 15) is 4.79 Å². The van der Waals surface area contributed by atoms with Crippen LogP contribution in [0.3, 0.4) is 0 Å². The maximum absolute atomic E-state index is 11.6. The van der Waals surface area contributed by atoms with Gasteiger partial charge in [-0.3, -0.25) is 4.79 Å². The van der Waals surface area contributed by atoms with Crippen molar-refractivity contribution in [2.75, 3.05) is 20.1 Å². The molecular formula is C10H17N3OS2. The van der Waals surface area contributed by atoms with Crippen LogP contribution in [0.25, 0.3) is 0 Å². The molecule has 0 bridgehead atoms. The Morgan fingerprint density at radius 2 is 2.25 bits per heavy atom. The van der Waals surface area contributed by atoms with Gasteiger partial charge in [0.15, 0.2) is 3.95 Å². The summed E-state index contributed by atoms with van der Waals surface area (Å²) < 4.78 is 0.732. The quantitative estimate of drug-likeness (QED) is 0.534. The number of amides is 1. The second-order valence-corrected chi connectivity index (χ2v) is 5.32. The summed E-state index contributed by atoms with van der Waals surface area (Å²) in [5.74, 6) is 0.0597. The topological polar surface area (TPSA) is 56.9 Å². The molecule has 1 amide bonds. The predicted octanol–water partition coefficient (Wildman–Crippen LogP) is 1.38. The molecule has 0 aromatic carbocycles. The fourth-order valence-corrected chi connectivity index (χ4v) is 2.60. The molecule has 0 aliphatic carbocycles. The van der Waals surface area contributed by atoms with Crippen LogP contribution in [0, 0.1) is 10.9 Å². The van der Waals surface area contributed by atoms with E-state index in [1.54, 1.807) is 0 Å². The number of carbonyl (C=O) groups excluding carboxylic acids is 1. The SMILES string of the molecule is CNCCCNC(=O)Cc1sc(=S)[nH]c1C. The number of hydrogen-bond donors (Lipinski definition) is 3. The molecule has 1 aromatic heterocycles. The number of aromatic nitrogens is 1. The van der Waals surface area contributed by atoms with E-state index >= 15 is 0 Å². The zero-order chi connectivity index (χ0) is 12.0. The van der Waals surface area contributed by atoms with Gasteiger partial charge >= 0.3 is 0 Å². The van der Waals surface area contributed by atoms with Crippen LogP contribution < -0.4 is 10.6 Å². The Kier molecular flexibility index (Phi) is 5.65. The van der Waals surface area contributed by atoms with E-state index in [2.05, 4.69) is 15.6 Å². The molecule has 4 nitrogen and oxygen atoms in total. The molecule has 1 aromatic rings. The standard InChI is InChI=1S/C10H17N3OS2/c1-7-8(16-10(15)13-7)6-9(14)12-5-3-4-11-2/h11H,3-6H2,1-2H3,(H,12,14)(H,13,15). The summed E-state index contributed by atoms with van der Waals surface area (Å²) in [4.78, 5) is 15.6. The number of rotatable bonds is 6. The smallest absolute Gasteiger partial charge is 0.225 e. The minimum atomic E-state index is 0.0597. The van der Waals surface area contributed by atoms with Gasteiger partial charge in [0.2, 0.25) is 5.91 Å².